The third-order valence-corrected chi connectivity index (χ3v) is 1.03. The van der Waals surface area contributed by atoms with E-state index in [1.54, 1.807) is 0 Å². The van der Waals surface area contributed by atoms with Gasteiger partial charge in [-0.05, 0) is 6.92 Å². The van der Waals surface area contributed by atoms with Crippen LogP contribution in [0.2, 0.25) is 0 Å². The number of carbonyl (C=O) groups excluding carboxylic acids is 1. The molecule has 2 N–H and O–H groups in total. The SMILES string of the molecule is C[C@H](P)N[C@H](C=O)CO. The van der Waals surface area contributed by atoms with Crippen LogP contribution in [-0.2, 0) is 4.79 Å². The molecule has 9 heavy (non-hydrogen) atoms. The van der Waals surface area contributed by atoms with Gasteiger partial charge in [-0.25, -0.2) is 0 Å². The molecule has 4 heteroatoms. The first kappa shape index (κ1) is 9.02. The van der Waals surface area contributed by atoms with Crippen LogP contribution in [0.5, 0.6) is 0 Å². The molecule has 0 aliphatic heterocycles. The van der Waals surface area contributed by atoms with Crippen molar-refractivity contribution in [3.63, 3.8) is 0 Å². The van der Waals surface area contributed by atoms with Crippen molar-refractivity contribution >= 4 is 15.5 Å². The van der Waals surface area contributed by atoms with E-state index < -0.39 is 6.04 Å². The van der Waals surface area contributed by atoms with E-state index in [2.05, 4.69) is 14.6 Å². The first-order valence-electron chi connectivity index (χ1n) is 2.78. The molecular formula is C5H12NO2P. The summed E-state index contributed by atoms with van der Waals surface area (Å²) >= 11 is 0. The number of aldehydes is 1. The zero-order valence-electron chi connectivity index (χ0n) is 5.37. The summed E-state index contributed by atoms with van der Waals surface area (Å²) < 4.78 is 0. The third kappa shape index (κ3) is 4.52. The van der Waals surface area contributed by atoms with Crippen LogP contribution in [0.1, 0.15) is 6.92 Å². The van der Waals surface area contributed by atoms with Crippen LogP contribution in [0.25, 0.3) is 0 Å². The van der Waals surface area contributed by atoms with Gasteiger partial charge in [0.1, 0.15) is 6.29 Å². The molecule has 0 aromatic carbocycles. The molecule has 3 nitrogen and oxygen atoms in total. The predicted molar refractivity (Wildman–Crippen MR) is 39.2 cm³/mol. The lowest BCUT2D eigenvalue weighted by Gasteiger charge is -2.11. The fourth-order valence-corrected chi connectivity index (χ4v) is 0.720. The second-order valence-corrected chi connectivity index (χ2v) is 2.88. The van der Waals surface area contributed by atoms with E-state index in [1.165, 1.54) is 0 Å². The van der Waals surface area contributed by atoms with Gasteiger partial charge in [0.15, 0.2) is 0 Å². The van der Waals surface area contributed by atoms with Crippen molar-refractivity contribution in [3.05, 3.63) is 0 Å². The van der Waals surface area contributed by atoms with Crippen LogP contribution in [0.3, 0.4) is 0 Å². The zero-order valence-corrected chi connectivity index (χ0v) is 6.53. The average Bonchev–Trinajstić information content (AvgIpc) is 1.82. The van der Waals surface area contributed by atoms with Crippen LogP contribution in [0, 0.1) is 0 Å². The van der Waals surface area contributed by atoms with Crippen molar-refractivity contribution in [1.29, 1.82) is 0 Å². The highest BCUT2D eigenvalue weighted by molar-refractivity contribution is 7.17. The molecule has 0 fully saturated rings. The summed E-state index contributed by atoms with van der Waals surface area (Å²) in [5.74, 6) is 0.160. The number of nitrogens with one attached hydrogen (secondary N) is 1. The molecule has 0 spiro atoms. The minimum absolute atomic E-state index is 0.137. The maximum Gasteiger partial charge on any atom is 0.139 e. The molecule has 0 rings (SSSR count). The van der Waals surface area contributed by atoms with E-state index >= 15 is 0 Å². The van der Waals surface area contributed by atoms with Gasteiger partial charge in [-0.15, -0.1) is 9.24 Å². The molecule has 0 heterocycles. The van der Waals surface area contributed by atoms with Crippen molar-refractivity contribution in [2.24, 2.45) is 0 Å². The summed E-state index contributed by atoms with van der Waals surface area (Å²) in [6.07, 6.45) is 0.695. The lowest BCUT2D eigenvalue weighted by Crippen LogP contribution is -2.37. The van der Waals surface area contributed by atoms with Gasteiger partial charge in [-0.2, -0.15) is 0 Å². The van der Waals surface area contributed by atoms with Crippen LogP contribution in [0.15, 0.2) is 0 Å². The standard InChI is InChI=1S/C5H12NO2P/c1-4(9)6-5(2-7)3-8/h2,4-6,8H,3,9H2,1H3/t4-,5+/m0/s1. The average molecular weight is 149 g/mol. The largest absolute Gasteiger partial charge is 0.394 e. The molecule has 0 aliphatic rings. The highest BCUT2D eigenvalue weighted by Crippen LogP contribution is 1.92. The Balaban J connectivity index is 3.42. The number of rotatable bonds is 4. The first-order chi connectivity index (χ1) is 4.20. The Hall–Kier alpha value is 0.0200. The van der Waals surface area contributed by atoms with E-state index in [1.807, 2.05) is 6.92 Å². The molecule has 1 unspecified atom stereocenters. The fourth-order valence-electron chi connectivity index (χ4n) is 0.473. The number of aliphatic hydroxyl groups excluding tert-OH is 1. The van der Waals surface area contributed by atoms with Gasteiger partial charge >= 0.3 is 0 Å². The first-order valence-corrected chi connectivity index (χ1v) is 3.45. The molecule has 0 aliphatic carbocycles. The second kappa shape index (κ2) is 4.86. The van der Waals surface area contributed by atoms with Crippen molar-refractivity contribution in [1.82, 2.24) is 5.32 Å². The summed E-state index contributed by atoms with van der Waals surface area (Å²) in [4.78, 5) is 10.0. The minimum Gasteiger partial charge on any atom is -0.394 e. The zero-order chi connectivity index (χ0) is 7.28. The molecule has 0 saturated heterocycles. The number of carbonyl (C=O) groups is 1. The highest BCUT2D eigenvalue weighted by Gasteiger charge is 2.04. The highest BCUT2D eigenvalue weighted by atomic mass is 31.0. The van der Waals surface area contributed by atoms with E-state index in [0.717, 1.165) is 0 Å². The van der Waals surface area contributed by atoms with Crippen molar-refractivity contribution in [3.8, 4) is 0 Å². The Labute approximate surface area is 57.0 Å². The van der Waals surface area contributed by atoms with E-state index in [4.69, 9.17) is 5.11 Å². The Morgan fingerprint density at radius 3 is 2.56 bits per heavy atom. The summed E-state index contributed by atoms with van der Waals surface area (Å²) in [5.41, 5.74) is 0. The third-order valence-electron chi connectivity index (χ3n) is 0.838. The molecule has 0 aromatic rings. The summed E-state index contributed by atoms with van der Waals surface area (Å²) in [7, 11) is 2.48. The lowest BCUT2D eigenvalue weighted by molar-refractivity contribution is -0.110. The van der Waals surface area contributed by atoms with Gasteiger partial charge in [0.2, 0.25) is 0 Å². The fraction of sp³-hybridized carbons (Fsp3) is 0.800. The van der Waals surface area contributed by atoms with Crippen molar-refractivity contribution in [2.75, 3.05) is 6.61 Å². The molecule has 0 radical (unpaired) electrons. The van der Waals surface area contributed by atoms with Crippen molar-refractivity contribution in [2.45, 2.75) is 18.7 Å². The van der Waals surface area contributed by atoms with Gasteiger partial charge in [0.25, 0.3) is 0 Å². The normalized spacial score (nSPS) is 16.8. The number of hydrogen-bond donors (Lipinski definition) is 2. The molecule has 0 saturated carbocycles. The van der Waals surface area contributed by atoms with Gasteiger partial charge in [-0.1, -0.05) is 0 Å². The molecular weight excluding hydrogens is 137 g/mol. The smallest absolute Gasteiger partial charge is 0.139 e. The number of hydrogen-bond acceptors (Lipinski definition) is 3. The molecule has 0 aromatic heterocycles. The monoisotopic (exact) mass is 149 g/mol. The second-order valence-electron chi connectivity index (χ2n) is 1.88. The van der Waals surface area contributed by atoms with E-state index in [9.17, 15) is 4.79 Å². The van der Waals surface area contributed by atoms with Crippen LogP contribution in [-0.4, -0.2) is 29.8 Å². The van der Waals surface area contributed by atoms with Gasteiger partial charge in [-0.3, -0.25) is 5.32 Å². The van der Waals surface area contributed by atoms with Gasteiger partial charge in [0, 0.05) is 5.78 Å². The molecule has 3 atom stereocenters. The van der Waals surface area contributed by atoms with Crippen molar-refractivity contribution < 1.29 is 9.90 Å². The Bertz CT molecular complexity index is 87.0. The lowest BCUT2D eigenvalue weighted by atomic mass is 10.3. The predicted octanol–water partition coefficient (Wildman–Crippen LogP) is -0.643. The van der Waals surface area contributed by atoms with E-state index in [-0.39, 0.29) is 12.4 Å². The topological polar surface area (TPSA) is 49.3 Å². The Morgan fingerprint density at radius 2 is 2.44 bits per heavy atom. The van der Waals surface area contributed by atoms with Crippen LogP contribution in [0.4, 0.5) is 0 Å². The minimum atomic E-state index is -0.419. The van der Waals surface area contributed by atoms with Gasteiger partial charge < -0.3 is 9.90 Å². The quantitative estimate of drug-likeness (QED) is 0.413. The summed E-state index contributed by atoms with van der Waals surface area (Å²) in [5, 5.41) is 11.3. The Morgan fingerprint density at radius 1 is 1.89 bits per heavy atom. The molecule has 0 bridgehead atoms. The van der Waals surface area contributed by atoms with Crippen LogP contribution >= 0.6 is 9.24 Å². The number of aliphatic hydroxyl groups is 1. The maximum atomic E-state index is 10.0. The maximum absolute atomic E-state index is 10.0. The molecule has 54 valence electrons. The van der Waals surface area contributed by atoms with Crippen LogP contribution < -0.4 is 5.32 Å². The van der Waals surface area contributed by atoms with E-state index in [0.29, 0.717) is 6.29 Å². The molecule has 0 amide bonds. The Kier molecular flexibility index (Phi) is 4.87. The summed E-state index contributed by atoms with van der Waals surface area (Å²) in [6, 6.07) is -0.419. The van der Waals surface area contributed by atoms with Gasteiger partial charge in [0.05, 0.1) is 12.6 Å². The summed E-state index contributed by atoms with van der Waals surface area (Å²) in [6.45, 7) is 1.75.